The third-order valence-corrected chi connectivity index (χ3v) is 4.27. The van der Waals surface area contributed by atoms with Gasteiger partial charge in [-0.1, -0.05) is 6.07 Å². The molecule has 1 aromatic rings. The monoisotopic (exact) mass is 218 g/mol. The topological polar surface area (TPSA) is 31.5 Å². The average molecular weight is 218 g/mol. The molecule has 2 aliphatic carbocycles. The van der Waals surface area contributed by atoms with Gasteiger partial charge in [0.15, 0.2) is 0 Å². The standard InChI is InChI=1S/C15H20.H2O/c1-11-14-8-4-2-6-12(14)10-13-7-3-5-9-15(11)13;/h10H,2-9H2,1H3;1H2. The fourth-order valence-corrected chi connectivity index (χ4v) is 3.43. The van der Waals surface area contributed by atoms with Crippen LogP contribution in [0.2, 0.25) is 0 Å². The van der Waals surface area contributed by atoms with Crippen LogP contribution in [0.15, 0.2) is 6.07 Å². The molecule has 1 nitrogen and oxygen atoms in total. The van der Waals surface area contributed by atoms with E-state index >= 15 is 0 Å². The van der Waals surface area contributed by atoms with Gasteiger partial charge in [0.25, 0.3) is 0 Å². The van der Waals surface area contributed by atoms with E-state index in [9.17, 15) is 0 Å². The van der Waals surface area contributed by atoms with Crippen LogP contribution in [0.5, 0.6) is 0 Å². The van der Waals surface area contributed by atoms with E-state index in [-0.39, 0.29) is 5.48 Å². The highest BCUT2D eigenvalue weighted by Gasteiger charge is 2.19. The van der Waals surface area contributed by atoms with Crippen molar-refractivity contribution in [1.82, 2.24) is 0 Å². The van der Waals surface area contributed by atoms with Crippen LogP contribution >= 0.6 is 0 Å². The van der Waals surface area contributed by atoms with Crippen LogP contribution in [-0.4, -0.2) is 5.48 Å². The summed E-state index contributed by atoms with van der Waals surface area (Å²) < 4.78 is 0. The fourth-order valence-electron chi connectivity index (χ4n) is 3.43. The highest BCUT2D eigenvalue weighted by atomic mass is 16.0. The number of benzene rings is 1. The zero-order valence-electron chi connectivity index (χ0n) is 10.2. The molecule has 0 aliphatic heterocycles. The summed E-state index contributed by atoms with van der Waals surface area (Å²) in [6.45, 7) is 2.37. The summed E-state index contributed by atoms with van der Waals surface area (Å²) in [6, 6.07) is 2.54. The van der Waals surface area contributed by atoms with E-state index in [4.69, 9.17) is 0 Å². The predicted octanol–water partition coefficient (Wildman–Crippen LogP) is 2.93. The van der Waals surface area contributed by atoms with Crippen molar-refractivity contribution in [1.29, 1.82) is 0 Å². The summed E-state index contributed by atoms with van der Waals surface area (Å²) in [6.07, 6.45) is 11.0. The SMILES string of the molecule is Cc1c2c(cc3c1CCCC3)CCCC2.O. The van der Waals surface area contributed by atoms with Crippen molar-refractivity contribution in [2.24, 2.45) is 0 Å². The van der Waals surface area contributed by atoms with Gasteiger partial charge in [-0.2, -0.15) is 0 Å². The van der Waals surface area contributed by atoms with Crippen LogP contribution in [0.3, 0.4) is 0 Å². The van der Waals surface area contributed by atoms with Crippen molar-refractivity contribution in [3.63, 3.8) is 0 Å². The highest BCUT2D eigenvalue weighted by Crippen LogP contribution is 2.32. The molecule has 0 spiro atoms. The van der Waals surface area contributed by atoms with E-state index < -0.39 is 0 Å². The van der Waals surface area contributed by atoms with Crippen LogP contribution in [0.25, 0.3) is 0 Å². The Morgan fingerprint density at radius 3 is 1.69 bits per heavy atom. The molecule has 0 atom stereocenters. The van der Waals surface area contributed by atoms with E-state index in [0.717, 1.165) is 0 Å². The molecule has 1 heteroatoms. The molecular formula is C15H22O. The van der Waals surface area contributed by atoms with Crippen LogP contribution in [0.1, 0.15) is 53.5 Å². The number of hydrogen-bond acceptors (Lipinski definition) is 0. The van der Waals surface area contributed by atoms with Gasteiger partial charge in [-0.3, -0.25) is 0 Å². The van der Waals surface area contributed by atoms with Crippen molar-refractivity contribution in [3.8, 4) is 0 Å². The smallest absolute Gasteiger partial charge is 0.0273 e. The molecule has 0 heterocycles. The third-order valence-electron chi connectivity index (χ3n) is 4.27. The number of fused-ring (bicyclic) bond motifs is 2. The van der Waals surface area contributed by atoms with Crippen molar-refractivity contribution >= 4 is 0 Å². The Kier molecular flexibility index (Phi) is 3.34. The Labute approximate surface area is 98.2 Å². The largest absolute Gasteiger partial charge is 0.412 e. The van der Waals surface area contributed by atoms with Crippen molar-refractivity contribution in [2.45, 2.75) is 58.3 Å². The van der Waals surface area contributed by atoms with Crippen LogP contribution in [0.4, 0.5) is 0 Å². The maximum atomic E-state index is 2.54. The van der Waals surface area contributed by atoms with E-state index in [2.05, 4.69) is 13.0 Å². The van der Waals surface area contributed by atoms with Crippen LogP contribution in [0, 0.1) is 6.92 Å². The summed E-state index contributed by atoms with van der Waals surface area (Å²) in [5.41, 5.74) is 8.43. The van der Waals surface area contributed by atoms with Crippen LogP contribution in [-0.2, 0) is 25.7 Å². The zero-order chi connectivity index (χ0) is 10.3. The molecule has 0 aromatic heterocycles. The quantitative estimate of drug-likeness (QED) is 0.641. The van der Waals surface area contributed by atoms with Gasteiger partial charge < -0.3 is 5.48 Å². The Morgan fingerprint density at radius 1 is 0.750 bits per heavy atom. The molecule has 3 rings (SSSR count). The maximum Gasteiger partial charge on any atom is -0.0273 e. The van der Waals surface area contributed by atoms with Gasteiger partial charge in [0.1, 0.15) is 0 Å². The number of hydrogen-bond donors (Lipinski definition) is 0. The van der Waals surface area contributed by atoms with Gasteiger partial charge in [-0.25, -0.2) is 0 Å². The minimum atomic E-state index is 0. The Balaban J connectivity index is 0.000000963. The molecule has 0 radical (unpaired) electrons. The first-order chi connectivity index (χ1) is 7.36. The summed E-state index contributed by atoms with van der Waals surface area (Å²) in [5.74, 6) is 0. The minimum Gasteiger partial charge on any atom is -0.412 e. The highest BCUT2D eigenvalue weighted by molar-refractivity contribution is 5.47. The second-order valence-electron chi connectivity index (χ2n) is 5.19. The molecule has 0 fully saturated rings. The Morgan fingerprint density at radius 2 is 1.19 bits per heavy atom. The normalized spacial score (nSPS) is 18.3. The zero-order valence-corrected chi connectivity index (χ0v) is 10.2. The third kappa shape index (κ3) is 1.78. The Bertz CT molecular complexity index is 359. The molecule has 2 N–H and O–H groups in total. The molecule has 0 saturated carbocycles. The predicted molar refractivity (Wildman–Crippen MR) is 68.1 cm³/mol. The van der Waals surface area contributed by atoms with Gasteiger partial charge in [0, 0.05) is 0 Å². The Hall–Kier alpha value is -0.820. The second-order valence-corrected chi connectivity index (χ2v) is 5.19. The van der Waals surface area contributed by atoms with E-state index in [1.165, 1.54) is 51.4 Å². The maximum absolute atomic E-state index is 2.54. The summed E-state index contributed by atoms with van der Waals surface area (Å²) >= 11 is 0. The average Bonchev–Trinajstić information content (AvgIpc) is 2.30. The molecule has 0 saturated heterocycles. The van der Waals surface area contributed by atoms with Crippen molar-refractivity contribution in [3.05, 3.63) is 33.9 Å². The lowest BCUT2D eigenvalue weighted by molar-refractivity contribution is 0.652. The second kappa shape index (κ2) is 4.58. The summed E-state index contributed by atoms with van der Waals surface area (Å²) in [7, 11) is 0. The first-order valence-electron chi connectivity index (χ1n) is 6.49. The van der Waals surface area contributed by atoms with Gasteiger partial charge in [0.05, 0.1) is 0 Å². The van der Waals surface area contributed by atoms with E-state index in [1.807, 2.05) is 0 Å². The molecule has 16 heavy (non-hydrogen) atoms. The molecule has 0 unspecified atom stereocenters. The van der Waals surface area contributed by atoms with E-state index in [1.54, 1.807) is 27.8 Å². The van der Waals surface area contributed by atoms with Crippen molar-refractivity contribution in [2.75, 3.05) is 0 Å². The number of aryl methyl sites for hydroxylation is 2. The molecule has 0 amide bonds. The summed E-state index contributed by atoms with van der Waals surface area (Å²) in [5, 5.41) is 0. The van der Waals surface area contributed by atoms with Gasteiger partial charge in [-0.15, -0.1) is 0 Å². The minimum absolute atomic E-state index is 0. The van der Waals surface area contributed by atoms with Crippen LogP contribution < -0.4 is 0 Å². The molecule has 88 valence electrons. The van der Waals surface area contributed by atoms with Gasteiger partial charge in [-0.05, 0) is 86.1 Å². The summed E-state index contributed by atoms with van der Waals surface area (Å²) in [4.78, 5) is 0. The lowest BCUT2D eigenvalue weighted by Gasteiger charge is -2.26. The van der Waals surface area contributed by atoms with Gasteiger partial charge in [0.2, 0.25) is 0 Å². The molecule has 2 aliphatic rings. The van der Waals surface area contributed by atoms with E-state index in [0.29, 0.717) is 0 Å². The first-order valence-corrected chi connectivity index (χ1v) is 6.49. The lowest BCUT2D eigenvalue weighted by atomic mass is 9.80. The van der Waals surface area contributed by atoms with Gasteiger partial charge >= 0.3 is 0 Å². The first kappa shape index (κ1) is 11.7. The molecule has 1 aromatic carbocycles. The lowest BCUT2D eigenvalue weighted by Crippen LogP contribution is -2.12. The molecular weight excluding hydrogens is 196 g/mol. The number of rotatable bonds is 0. The molecule has 0 bridgehead atoms. The van der Waals surface area contributed by atoms with Crippen molar-refractivity contribution < 1.29 is 5.48 Å². The fraction of sp³-hybridized carbons (Fsp3) is 0.600.